The summed E-state index contributed by atoms with van der Waals surface area (Å²) in [6.45, 7) is 0. The molecule has 17 heavy (non-hydrogen) atoms. The summed E-state index contributed by atoms with van der Waals surface area (Å²) in [5, 5.41) is 2.85. The molecule has 2 atom stereocenters. The minimum atomic E-state index is -0.302. The molecule has 1 heterocycles. The van der Waals surface area contributed by atoms with Gasteiger partial charge >= 0.3 is 0 Å². The number of nitrogens with one attached hydrogen (secondary N) is 1. The maximum atomic E-state index is 11.7. The topological polar surface area (TPSA) is 46.2 Å². The molecule has 0 radical (unpaired) electrons. The minimum Gasteiger partial charge on any atom is -0.288 e. The van der Waals surface area contributed by atoms with Crippen LogP contribution >= 0.6 is 23.4 Å². The van der Waals surface area contributed by atoms with Crippen LogP contribution in [0.3, 0.4) is 0 Å². The molecule has 1 aliphatic carbocycles. The molecule has 2 unspecified atom stereocenters. The van der Waals surface area contributed by atoms with Crippen molar-refractivity contribution in [3.8, 4) is 0 Å². The van der Waals surface area contributed by atoms with Crippen molar-refractivity contribution in [3.05, 3.63) is 29.3 Å². The first kappa shape index (κ1) is 11.1. The minimum absolute atomic E-state index is 0.177. The Morgan fingerprint density at radius 3 is 2.71 bits per heavy atom. The number of halogens is 1. The second-order valence-corrected chi connectivity index (χ2v) is 6.05. The molecule has 0 spiro atoms. The van der Waals surface area contributed by atoms with Gasteiger partial charge in [-0.2, -0.15) is 0 Å². The quantitative estimate of drug-likeness (QED) is 0.661. The molecule has 1 saturated carbocycles. The summed E-state index contributed by atoms with van der Waals surface area (Å²) in [4.78, 5) is 24.0. The van der Waals surface area contributed by atoms with Crippen LogP contribution in [0.2, 0.25) is 0 Å². The van der Waals surface area contributed by atoms with Crippen molar-refractivity contribution in [2.45, 2.75) is 28.4 Å². The first-order chi connectivity index (χ1) is 8.16. The molecule has 3 nitrogen and oxygen atoms in total. The number of hydrogen-bond acceptors (Lipinski definition) is 3. The van der Waals surface area contributed by atoms with E-state index in [4.69, 9.17) is 11.6 Å². The fraction of sp³-hybridized carbons (Fsp3) is 0.333. The molecule has 1 aliphatic heterocycles. The van der Waals surface area contributed by atoms with Gasteiger partial charge in [0.1, 0.15) is 0 Å². The molecule has 1 aromatic carbocycles. The lowest BCUT2D eigenvalue weighted by atomic mass is 9.99. The molecular formula is C12H10ClNO2S. The molecule has 2 aliphatic rings. The Morgan fingerprint density at radius 1 is 1.24 bits per heavy atom. The molecular weight excluding hydrogens is 258 g/mol. The molecule has 1 N–H and O–H groups in total. The van der Waals surface area contributed by atoms with Crippen molar-refractivity contribution >= 4 is 35.2 Å². The molecule has 1 fully saturated rings. The molecule has 2 amide bonds. The van der Waals surface area contributed by atoms with Crippen LogP contribution in [0.4, 0.5) is 0 Å². The zero-order chi connectivity index (χ0) is 12.0. The summed E-state index contributed by atoms with van der Waals surface area (Å²) in [5.41, 5.74) is 0.990. The van der Waals surface area contributed by atoms with Gasteiger partial charge in [0, 0.05) is 15.5 Å². The lowest BCUT2D eigenvalue weighted by Crippen LogP contribution is -2.29. The Morgan fingerprint density at radius 2 is 2.06 bits per heavy atom. The summed E-state index contributed by atoms with van der Waals surface area (Å²) < 4.78 is 0. The smallest absolute Gasteiger partial charge is 0.260 e. The number of hydrogen-bond donors (Lipinski definition) is 1. The summed E-state index contributed by atoms with van der Waals surface area (Å²) >= 11 is 7.70. The number of alkyl halides is 1. The predicted molar refractivity (Wildman–Crippen MR) is 66.8 cm³/mol. The molecule has 0 saturated heterocycles. The molecule has 3 rings (SSSR count). The summed E-state index contributed by atoms with van der Waals surface area (Å²) in [7, 11) is 0. The largest absolute Gasteiger partial charge is 0.288 e. The van der Waals surface area contributed by atoms with E-state index in [1.165, 1.54) is 0 Å². The van der Waals surface area contributed by atoms with Crippen molar-refractivity contribution in [2.24, 2.45) is 0 Å². The maximum Gasteiger partial charge on any atom is 0.260 e. The monoisotopic (exact) mass is 267 g/mol. The van der Waals surface area contributed by atoms with Gasteiger partial charge < -0.3 is 0 Å². The molecule has 0 aromatic heterocycles. The van der Waals surface area contributed by atoms with Crippen molar-refractivity contribution in [2.75, 3.05) is 0 Å². The van der Waals surface area contributed by atoms with E-state index < -0.39 is 0 Å². The second-order valence-electron chi connectivity index (χ2n) is 4.21. The van der Waals surface area contributed by atoms with E-state index in [9.17, 15) is 9.59 Å². The number of benzene rings is 1. The predicted octanol–water partition coefficient (Wildman–Crippen LogP) is 2.43. The van der Waals surface area contributed by atoms with E-state index in [0.29, 0.717) is 16.4 Å². The van der Waals surface area contributed by atoms with Gasteiger partial charge in [-0.15, -0.1) is 23.4 Å². The number of amides is 2. The van der Waals surface area contributed by atoms with E-state index in [1.54, 1.807) is 23.9 Å². The first-order valence-corrected chi connectivity index (χ1v) is 6.78. The summed E-state index contributed by atoms with van der Waals surface area (Å²) in [6.07, 6.45) is 2.09. The van der Waals surface area contributed by atoms with Crippen molar-refractivity contribution < 1.29 is 9.59 Å². The van der Waals surface area contributed by atoms with Gasteiger partial charge in [0.25, 0.3) is 11.8 Å². The van der Waals surface area contributed by atoms with Crippen LogP contribution in [0.25, 0.3) is 0 Å². The van der Waals surface area contributed by atoms with Gasteiger partial charge in [-0.3, -0.25) is 14.9 Å². The Kier molecular flexibility index (Phi) is 2.64. The Labute approximate surface area is 108 Å². The number of carbonyl (C=O) groups excluding carboxylic acids is 2. The van der Waals surface area contributed by atoms with Gasteiger partial charge in [0.2, 0.25) is 0 Å². The maximum absolute atomic E-state index is 11.7. The highest BCUT2D eigenvalue weighted by Gasteiger charge is 2.34. The highest BCUT2D eigenvalue weighted by atomic mass is 35.5. The van der Waals surface area contributed by atoms with Crippen LogP contribution in [-0.4, -0.2) is 22.4 Å². The van der Waals surface area contributed by atoms with E-state index in [1.807, 2.05) is 6.07 Å². The second kappa shape index (κ2) is 4.03. The van der Waals surface area contributed by atoms with Gasteiger partial charge in [-0.1, -0.05) is 6.07 Å². The van der Waals surface area contributed by atoms with Crippen LogP contribution in [-0.2, 0) is 0 Å². The van der Waals surface area contributed by atoms with Crippen molar-refractivity contribution in [3.63, 3.8) is 0 Å². The fourth-order valence-corrected chi connectivity index (χ4v) is 3.76. The first-order valence-electron chi connectivity index (χ1n) is 5.46. The van der Waals surface area contributed by atoms with Gasteiger partial charge in [-0.05, 0) is 25.0 Å². The van der Waals surface area contributed by atoms with E-state index in [2.05, 4.69) is 5.32 Å². The molecule has 88 valence electrons. The molecule has 5 heteroatoms. The average Bonchev–Trinajstić information content (AvgIpc) is 2.61. The number of fused-ring (bicyclic) bond motifs is 1. The zero-order valence-corrected chi connectivity index (χ0v) is 10.5. The molecule has 0 bridgehead atoms. The lowest BCUT2D eigenvalue weighted by molar-refractivity contribution is 0.0879. The molecule has 1 aromatic rings. The standard InChI is InChI=1S/C12H10ClNO2S/c13-7-4-5-8(7)17-9-3-1-2-6-10(9)12(16)14-11(6)15/h1-3,7-8H,4-5H2,(H,14,15,16). The third-order valence-electron chi connectivity index (χ3n) is 3.13. The highest BCUT2D eigenvalue weighted by molar-refractivity contribution is 8.00. The van der Waals surface area contributed by atoms with Gasteiger partial charge in [-0.25, -0.2) is 0 Å². The van der Waals surface area contributed by atoms with Crippen LogP contribution in [0.15, 0.2) is 23.1 Å². The third-order valence-corrected chi connectivity index (χ3v) is 5.27. The third kappa shape index (κ3) is 1.76. The van der Waals surface area contributed by atoms with E-state index in [-0.39, 0.29) is 17.2 Å². The Hall–Kier alpha value is -1.00. The Balaban J connectivity index is 1.95. The summed E-state index contributed by atoms with van der Waals surface area (Å²) in [5.74, 6) is -0.595. The average molecular weight is 268 g/mol. The van der Waals surface area contributed by atoms with Crippen LogP contribution in [0.5, 0.6) is 0 Å². The normalized spacial score (nSPS) is 26.4. The Bertz CT molecular complexity index is 517. The fourth-order valence-electron chi connectivity index (χ4n) is 2.01. The summed E-state index contributed by atoms with van der Waals surface area (Å²) in [6, 6.07) is 5.36. The van der Waals surface area contributed by atoms with Crippen LogP contribution in [0.1, 0.15) is 33.6 Å². The van der Waals surface area contributed by atoms with Crippen LogP contribution < -0.4 is 5.32 Å². The van der Waals surface area contributed by atoms with Crippen LogP contribution in [0, 0.1) is 0 Å². The number of thioether (sulfide) groups is 1. The van der Waals surface area contributed by atoms with E-state index >= 15 is 0 Å². The SMILES string of the molecule is O=C1NC(=O)c2c(SC3CCC3Cl)cccc21. The number of rotatable bonds is 2. The highest BCUT2D eigenvalue weighted by Crippen LogP contribution is 2.42. The number of carbonyl (C=O) groups is 2. The van der Waals surface area contributed by atoms with Crippen molar-refractivity contribution in [1.29, 1.82) is 0 Å². The van der Waals surface area contributed by atoms with Gasteiger partial charge in [0.05, 0.1) is 11.1 Å². The number of imide groups is 1. The van der Waals surface area contributed by atoms with Gasteiger partial charge in [0.15, 0.2) is 0 Å². The van der Waals surface area contributed by atoms with Crippen molar-refractivity contribution in [1.82, 2.24) is 5.32 Å². The lowest BCUT2D eigenvalue weighted by Gasteiger charge is -2.31. The zero-order valence-electron chi connectivity index (χ0n) is 8.90. The van der Waals surface area contributed by atoms with E-state index in [0.717, 1.165) is 17.7 Å².